The summed E-state index contributed by atoms with van der Waals surface area (Å²) in [6.45, 7) is 11.9. The third-order valence-electron chi connectivity index (χ3n) is 7.94. The van der Waals surface area contributed by atoms with Gasteiger partial charge in [-0.2, -0.15) is 0 Å². The summed E-state index contributed by atoms with van der Waals surface area (Å²) in [5, 5.41) is 0. The highest BCUT2D eigenvalue weighted by Crippen LogP contribution is 2.45. The summed E-state index contributed by atoms with van der Waals surface area (Å²) in [7, 11) is 0. The Labute approximate surface area is 172 Å². The molecule has 2 fully saturated rings. The molecule has 0 bridgehead atoms. The number of hydrogen-bond acceptors (Lipinski definition) is 0. The number of rotatable bonds is 10. The normalized spacial score (nSPS) is 33.6. The lowest BCUT2D eigenvalue weighted by Gasteiger charge is -2.41. The van der Waals surface area contributed by atoms with Gasteiger partial charge >= 0.3 is 0 Å². The van der Waals surface area contributed by atoms with Crippen LogP contribution in [0.25, 0.3) is 0 Å². The van der Waals surface area contributed by atoms with Crippen molar-refractivity contribution in [2.75, 3.05) is 0 Å². The Kier molecular flexibility index (Phi) is 10.5. The van der Waals surface area contributed by atoms with Gasteiger partial charge in [0.15, 0.2) is 0 Å². The van der Waals surface area contributed by atoms with Crippen LogP contribution in [0.4, 0.5) is 0 Å². The van der Waals surface area contributed by atoms with Crippen LogP contribution in [-0.2, 0) is 0 Å². The van der Waals surface area contributed by atoms with Gasteiger partial charge in [0.25, 0.3) is 0 Å². The summed E-state index contributed by atoms with van der Waals surface area (Å²) in [5.41, 5.74) is 0. The highest BCUT2D eigenvalue weighted by Gasteiger charge is 2.34. The molecule has 0 aromatic carbocycles. The van der Waals surface area contributed by atoms with E-state index in [1.54, 1.807) is 0 Å². The Balaban J connectivity index is 1.64. The first-order valence-corrected chi connectivity index (χ1v) is 12.6. The highest BCUT2D eigenvalue weighted by atomic mass is 14.4. The van der Waals surface area contributed by atoms with Crippen molar-refractivity contribution < 1.29 is 0 Å². The minimum Gasteiger partial charge on any atom is -0.0914 e. The second kappa shape index (κ2) is 12.3. The van der Waals surface area contributed by atoms with Gasteiger partial charge in [0.05, 0.1) is 0 Å². The van der Waals surface area contributed by atoms with Gasteiger partial charge < -0.3 is 0 Å². The molecule has 0 heterocycles. The molecule has 27 heavy (non-hydrogen) atoms. The van der Waals surface area contributed by atoms with Crippen molar-refractivity contribution in [3.63, 3.8) is 0 Å². The van der Waals surface area contributed by atoms with E-state index >= 15 is 0 Å². The zero-order chi connectivity index (χ0) is 19.6. The van der Waals surface area contributed by atoms with Crippen LogP contribution in [0.3, 0.4) is 0 Å². The summed E-state index contributed by atoms with van der Waals surface area (Å²) in [5.74, 6) is 6.75. The van der Waals surface area contributed by atoms with Crippen molar-refractivity contribution in [1.82, 2.24) is 0 Å². The topological polar surface area (TPSA) is 0 Å². The lowest BCUT2D eigenvalue weighted by atomic mass is 9.64. The van der Waals surface area contributed by atoms with E-state index in [1.807, 2.05) is 0 Å². The summed E-state index contributed by atoms with van der Waals surface area (Å²) in [6, 6.07) is 0. The molecule has 4 unspecified atom stereocenters. The fraction of sp³-hybridized carbons (Fsp3) is 0.926. The molecular weight excluding hydrogens is 324 g/mol. The molecule has 4 atom stereocenters. The van der Waals surface area contributed by atoms with Crippen LogP contribution in [-0.4, -0.2) is 0 Å². The van der Waals surface area contributed by atoms with E-state index < -0.39 is 0 Å². The maximum absolute atomic E-state index is 2.54. The average molecular weight is 375 g/mol. The molecule has 0 N–H and O–H groups in total. The van der Waals surface area contributed by atoms with Gasteiger partial charge in [0, 0.05) is 0 Å². The molecule has 0 radical (unpaired) electrons. The van der Waals surface area contributed by atoms with Gasteiger partial charge in [0.2, 0.25) is 0 Å². The van der Waals surface area contributed by atoms with Gasteiger partial charge in [-0.1, -0.05) is 97.6 Å². The first-order chi connectivity index (χ1) is 13.0. The zero-order valence-corrected chi connectivity index (χ0v) is 19.4. The van der Waals surface area contributed by atoms with E-state index in [0.717, 1.165) is 41.4 Å². The smallest absolute Gasteiger partial charge is 0.0202 e. The lowest BCUT2D eigenvalue weighted by molar-refractivity contribution is 0.109. The largest absolute Gasteiger partial charge is 0.0914 e. The number of allylic oxidation sites excluding steroid dienone is 2. The Morgan fingerprint density at radius 1 is 0.852 bits per heavy atom. The summed E-state index contributed by atoms with van der Waals surface area (Å²) >= 11 is 0. The van der Waals surface area contributed by atoms with E-state index in [1.165, 1.54) is 83.5 Å². The minimum atomic E-state index is 0.881. The maximum atomic E-state index is 2.54. The summed E-state index contributed by atoms with van der Waals surface area (Å²) < 4.78 is 0. The Morgan fingerprint density at radius 3 is 2.22 bits per heavy atom. The predicted molar refractivity (Wildman–Crippen MR) is 122 cm³/mol. The third-order valence-corrected chi connectivity index (χ3v) is 7.94. The first-order valence-electron chi connectivity index (χ1n) is 12.6. The van der Waals surface area contributed by atoms with Crippen LogP contribution >= 0.6 is 0 Å². The molecule has 0 aromatic heterocycles. The van der Waals surface area contributed by atoms with E-state index in [2.05, 4.69) is 46.8 Å². The van der Waals surface area contributed by atoms with Crippen LogP contribution in [0.2, 0.25) is 0 Å². The van der Waals surface area contributed by atoms with Crippen LogP contribution < -0.4 is 0 Å². The molecule has 2 aliphatic rings. The molecular formula is C27H50. The summed E-state index contributed by atoms with van der Waals surface area (Å²) in [6.07, 6.45) is 24.2. The monoisotopic (exact) mass is 374 g/mol. The van der Waals surface area contributed by atoms with Crippen molar-refractivity contribution in [3.05, 3.63) is 12.2 Å². The van der Waals surface area contributed by atoms with Gasteiger partial charge in [-0.3, -0.25) is 0 Å². The Bertz CT molecular complexity index is 398. The van der Waals surface area contributed by atoms with E-state index in [4.69, 9.17) is 0 Å². The van der Waals surface area contributed by atoms with Crippen LogP contribution in [0, 0.1) is 41.4 Å². The maximum Gasteiger partial charge on any atom is -0.0202 e. The Morgan fingerprint density at radius 2 is 1.56 bits per heavy atom. The molecule has 0 heteroatoms. The van der Waals surface area contributed by atoms with Crippen molar-refractivity contribution in [2.45, 2.75) is 118 Å². The van der Waals surface area contributed by atoms with E-state index in [0.29, 0.717) is 0 Å². The van der Waals surface area contributed by atoms with E-state index in [-0.39, 0.29) is 0 Å². The quantitative estimate of drug-likeness (QED) is 0.334. The second-order valence-corrected chi connectivity index (χ2v) is 10.9. The SMILES string of the molecule is CC=CC1CCC(C)CC1C1CCC(CCCC(C)CCCC(C)C)CC1. The van der Waals surface area contributed by atoms with E-state index in [9.17, 15) is 0 Å². The van der Waals surface area contributed by atoms with Crippen molar-refractivity contribution in [3.8, 4) is 0 Å². The molecule has 0 saturated heterocycles. The van der Waals surface area contributed by atoms with Crippen molar-refractivity contribution in [2.24, 2.45) is 41.4 Å². The number of hydrogen-bond donors (Lipinski definition) is 0. The molecule has 0 amide bonds. The molecule has 158 valence electrons. The predicted octanol–water partition coefficient (Wildman–Crippen LogP) is 9.05. The van der Waals surface area contributed by atoms with Crippen molar-refractivity contribution in [1.29, 1.82) is 0 Å². The molecule has 2 saturated carbocycles. The fourth-order valence-corrected chi connectivity index (χ4v) is 6.16. The molecule has 0 aliphatic heterocycles. The van der Waals surface area contributed by atoms with Crippen LogP contribution in [0.1, 0.15) is 118 Å². The fourth-order valence-electron chi connectivity index (χ4n) is 6.16. The second-order valence-electron chi connectivity index (χ2n) is 10.9. The first kappa shape index (κ1) is 23.0. The average Bonchev–Trinajstić information content (AvgIpc) is 2.64. The summed E-state index contributed by atoms with van der Waals surface area (Å²) in [4.78, 5) is 0. The molecule has 0 nitrogen and oxygen atoms in total. The van der Waals surface area contributed by atoms with Gasteiger partial charge in [-0.25, -0.2) is 0 Å². The lowest BCUT2D eigenvalue weighted by Crippen LogP contribution is -2.31. The van der Waals surface area contributed by atoms with Gasteiger partial charge in [-0.05, 0) is 74.0 Å². The Hall–Kier alpha value is -0.260. The van der Waals surface area contributed by atoms with Crippen LogP contribution in [0.5, 0.6) is 0 Å². The standard InChI is InChI=1S/C27H50/c1-6-9-25-17-14-23(5)20-27(25)26-18-15-24(16-19-26)13-8-12-22(4)11-7-10-21(2)3/h6,9,21-27H,7-8,10-20H2,1-5H3. The minimum absolute atomic E-state index is 0.881. The molecule has 2 aliphatic carbocycles. The molecule has 0 spiro atoms. The van der Waals surface area contributed by atoms with Gasteiger partial charge in [-0.15, -0.1) is 0 Å². The molecule has 2 rings (SSSR count). The van der Waals surface area contributed by atoms with Crippen molar-refractivity contribution >= 4 is 0 Å². The van der Waals surface area contributed by atoms with Gasteiger partial charge in [0.1, 0.15) is 0 Å². The van der Waals surface area contributed by atoms with Crippen LogP contribution in [0.15, 0.2) is 12.2 Å². The zero-order valence-electron chi connectivity index (χ0n) is 19.4. The highest BCUT2D eigenvalue weighted by molar-refractivity contribution is 4.96. The third kappa shape index (κ3) is 8.33. The molecule has 0 aromatic rings.